The van der Waals surface area contributed by atoms with Gasteiger partial charge in [-0.05, 0) is 39.0 Å². The van der Waals surface area contributed by atoms with Gasteiger partial charge in [-0.15, -0.1) is 0 Å². The number of nitrogens with two attached hydrogens (primary N) is 1. The zero-order chi connectivity index (χ0) is 13.1. The van der Waals surface area contributed by atoms with E-state index in [1.54, 1.807) is 39.0 Å². The maximum Gasteiger partial charge on any atom is 0.385 e. The monoisotopic (exact) mass is 251 g/mol. The Hall–Kier alpha value is -1.66. The number of hydrogen-bond acceptors (Lipinski definition) is 3. The molecule has 0 saturated heterocycles. The molecule has 0 amide bonds. The van der Waals surface area contributed by atoms with E-state index >= 15 is 0 Å². The van der Waals surface area contributed by atoms with Crippen LogP contribution in [0.3, 0.4) is 0 Å². The van der Waals surface area contributed by atoms with E-state index in [9.17, 15) is 4.79 Å². The first-order valence-corrected chi connectivity index (χ1v) is 5.46. The second-order valence-corrected chi connectivity index (χ2v) is 4.90. The molecule has 1 aromatic rings. The summed E-state index contributed by atoms with van der Waals surface area (Å²) in [5, 5.41) is 0.418. The average Bonchev–Trinajstić information content (AvgIpc) is 2.13. The van der Waals surface area contributed by atoms with E-state index in [1.807, 2.05) is 0 Å². The highest BCUT2D eigenvalue weighted by Gasteiger charge is 2.14. The molecule has 0 heterocycles. The van der Waals surface area contributed by atoms with Gasteiger partial charge in [-0.3, -0.25) is 0 Å². The summed E-state index contributed by atoms with van der Waals surface area (Å²) in [6, 6.07) is 4.92. The van der Waals surface area contributed by atoms with Crippen molar-refractivity contribution in [3.63, 3.8) is 0 Å². The Labute approximate surface area is 106 Å². The minimum absolute atomic E-state index is 0.418. The summed E-state index contributed by atoms with van der Waals surface area (Å²) >= 11 is 5.91. The Kier molecular flexibility index (Phi) is 4.03. The van der Waals surface area contributed by atoms with Crippen molar-refractivity contribution in [1.82, 2.24) is 0 Å². The second kappa shape index (κ2) is 5.11. The third-order valence-electron chi connectivity index (χ3n) is 1.69. The lowest BCUT2D eigenvalue weighted by atomic mass is 10.2. The molecule has 1 rings (SSSR count). The van der Waals surface area contributed by atoms with Crippen LogP contribution in [0.25, 0.3) is 0 Å². The average molecular weight is 252 g/mol. The number of esters is 1. The van der Waals surface area contributed by atoms with Crippen molar-refractivity contribution in [2.75, 3.05) is 5.73 Å². The number of carbonyl (C=O) groups is 1. The lowest BCUT2D eigenvalue weighted by Gasteiger charge is -2.16. The molecule has 0 aliphatic heterocycles. The number of anilines is 1. The quantitative estimate of drug-likeness (QED) is 0.438. The number of rotatable bonds is 0. The van der Waals surface area contributed by atoms with Crippen LogP contribution >= 0.6 is 11.6 Å². The molecule has 0 aliphatic carbocycles. The summed E-state index contributed by atoms with van der Waals surface area (Å²) < 4.78 is 5.04. The second-order valence-electron chi connectivity index (χ2n) is 4.49. The van der Waals surface area contributed by atoms with Crippen LogP contribution in [0.15, 0.2) is 18.2 Å². The van der Waals surface area contributed by atoms with E-state index in [1.165, 1.54) is 0 Å². The van der Waals surface area contributed by atoms with Crippen LogP contribution in [0.4, 0.5) is 5.69 Å². The van der Waals surface area contributed by atoms with Gasteiger partial charge in [0.05, 0.1) is 5.02 Å². The molecule has 0 aliphatic rings. The van der Waals surface area contributed by atoms with Gasteiger partial charge < -0.3 is 10.5 Å². The number of ether oxygens (including phenoxy) is 1. The molecule has 17 heavy (non-hydrogen) atoms. The van der Waals surface area contributed by atoms with Gasteiger partial charge in [-0.25, -0.2) is 4.79 Å². The number of halogens is 1. The summed E-state index contributed by atoms with van der Waals surface area (Å²) in [5.41, 5.74) is 6.10. The lowest BCUT2D eigenvalue weighted by Crippen LogP contribution is -2.22. The molecular formula is C13H14ClNO2. The zero-order valence-corrected chi connectivity index (χ0v) is 10.8. The van der Waals surface area contributed by atoms with Gasteiger partial charge in [0.2, 0.25) is 0 Å². The van der Waals surface area contributed by atoms with Crippen LogP contribution in [-0.4, -0.2) is 11.6 Å². The van der Waals surface area contributed by atoms with E-state index in [4.69, 9.17) is 22.1 Å². The molecule has 0 saturated carbocycles. The standard InChI is InChI=1S/C13H14ClNO2/c1-13(2,3)17-12(16)7-5-9-4-6-10(15)8-11(9)14/h4,6,8H,15H2,1-3H3. The van der Waals surface area contributed by atoms with E-state index in [0.717, 1.165) is 0 Å². The first-order valence-electron chi connectivity index (χ1n) is 5.08. The fourth-order valence-corrected chi connectivity index (χ4v) is 1.29. The molecule has 0 radical (unpaired) electrons. The summed E-state index contributed by atoms with van der Waals surface area (Å²) in [5.74, 6) is 4.45. The Morgan fingerprint density at radius 3 is 2.59 bits per heavy atom. The molecule has 90 valence electrons. The maximum atomic E-state index is 11.3. The topological polar surface area (TPSA) is 52.3 Å². The molecule has 3 nitrogen and oxygen atoms in total. The van der Waals surface area contributed by atoms with Gasteiger partial charge in [-0.1, -0.05) is 17.5 Å². The largest absolute Gasteiger partial charge is 0.450 e. The molecule has 2 N–H and O–H groups in total. The first kappa shape index (κ1) is 13.4. The smallest absolute Gasteiger partial charge is 0.385 e. The predicted molar refractivity (Wildman–Crippen MR) is 68.6 cm³/mol. The van der Waals surface area contributed by atoms with Crippen molar-refractivity contribution < 1.29 is 9.53 Å². The van der Waals surface area contributed by atoms with E-state index in [-0.39, 0.29) is 0 Å². The van der Waals surface area contributed by atoms with Crippen LogP contribution in [0.1, 0.15) is 26.3 Å². The van der Waals surface area contributed by atoms with Crippen molar-refractivity contribution in [3.8, 4) is 11.8 Å². The molecule has 0 atom stereocenters. The number of carbonyl (C=O) groups excluding carboxylic acids is 1. The van der Waals surface area contributed by atoms with Crippen LogP contribution in [0, 0.1) is 11.8 Å². The Morgan fingerprint density at radius 1 is 1.41 bits per heavy atom. The van der Waals surface area contributed by atoms with Crippen molar-refractivity contribution in [1.29, 1.82) is 0 Å². The molecule has 0 bridgehead atoms. The van der Waals surface area contributed by atoms with Crippen LogP contribution in [0.2, 0.25) is 5.02 Å². The van der Waals surface area contributed by atoms with Gasteiger partial charge in [0, 0.05) is 17.2 Å². The Morgan fingerprint density at radius 2 is 2.06 bits per heavy atom. The van der Waals surface area contributed by atoms with Crippen molar-refractivity contribution in [2.24, 2.45) is 0 Å². The molecule has 1 aromatic carbocycles. The first-order chi connectivity index (χ1) is 7.78. The molecule has 0 unspecified atom stereocenters. The summed E-state index contributed by atoms with van der Waals surface area (Å²) in [4.78, 5) is 11.3. The summed E-state index contributed by atoms with van der Waals surface area (Å²) in [6.07, 6.45) is 0. The minimum atomic E-state index is -0.578. The SMILES string of the molecule is CC(C)(C)OC(=O)C#Cc1ccc(N)cc1Cl. The highest BCUT2D eigenvalue weighted by molar-refractivity contribution is 6.32. The van der Waals surface area contributed by atoms with Gasteiger partial charge in [-0.2, -0.15) is 0 Å². The third-order valence-corrected chi connectivity index (χ3v) is 2.00. The zero-order valence-electron chi connectivity index (χ0n) is 10.0. The van der Waals surface area contributed by atoms with Crippen LogP contribution in [-0.2, 0) is 9.53 Å². The maximum absolute atomic E-state index is 11.3. The lowest BCUT2D eigenvalue weighted by molar-refractivity contribution is -0.147. The molecule has 0 spiro atoms. The van der Waals surface area contributed by atoms with E-state index in [2.05, 4.69) is 11.8 Å². The van der Waals surface area contributed by atoms with E-state index in [0.29, 0.717) is 16.3 Å². The predicted octanol–water partition coefficient (Wildman–Crippen LogP) is 2.62. The van der Waals surface area contributed by atoms with Crippen molar-refractivity contribution in [3.05, 3.63) is 28.8 Å². The number of hydrogen-bond donors (Lipinski definition) is 1. The van der Waals surface area contributed by atoms with Gasteiger partial charge in [0.1, 0.15) is 5.60 Å². The molecule has 4 heteroatoms. The van der Waals surface area contributed by atoms with Gasteiger partial charge in [0.25, 0.3) is 0 Å². The molecular weight excluding hydrogens is 238 g/mol. The van der Waals surface area contributed by atoms with Crippen molar-refractivity contribution in [2.45, 2.75) is 26.4 Å². The Balaban J connectivity index is 2.82. The third kappa shape index (κ3) is 4.80. The number of benzene rings is 1. The fourth-order valence-electron chi connectivity index (χ4n) is 1.05. The Bertz CT molecular complexity index is 492. The highest BCUT2D eigenvalue weighted by Crippen LogP contribution is 2.17. The van der Waals surface area contributed by atoms with Gasteiger partial charge in [0.15, 0.2) is 0 Å². The molecule has 0 fully saturated rings. The van der Waals surface area contributed by atoms with E-state index < -0.39 is 11.6 Å². The fraction of sp³-hybridized carbons (Fsp3) is 0.308. The van der Waals surface area contributed by atoms with Crippen LogP contribution in [0.5, 0.6) is 0 Å². The van der Waals surface area contributed by atoms with Gasteiger partial charge >= 0.3 is 5.97 Å². The normalized spacial score (nSPS) is 10.4. The van der Waals surface area contributed by atoms with Crippen LogP contribution < -0.4 is 5.73 Å². The summed E-state index contributed by atoms with van der Waals surface area (Å²) in [6.45, 7) is 5.34. The minimum Gasteiger partial charge on any atom is -0.450 e. The number of nitrogen functional groups attached to an aromatic ring is 1. The molecule has 0 aromatic heterocycles. The summed E-state index contributed by atoms with van der Waals surface area (Å²) in [7, 11) is 0. The highest BCUT2D eigenvalue weighted by atomic mass is 35.5. The van der Waals surface area contributed by atoms with Crippen molar-refractivity contribution >= 4 is 23.3 Å².